The fourth-order valence-corrected chi connectivity index (χ4v) is 4.30. The number of hydrogen-bond acceptors (Lipinski definition) is 4. The minimum absolute atomic E-state index is 0.581. The highest BCUT2D eigenvalue weighted by Crippen LogP contribution is 2.28. The molecule has 1 aromatic heterocycles. The van der Waals surface area contributed by atoms with Crippen LogP contribution in [0.4, 0.5) is 5.69 Å². The molecule has 1 N–H and O–H groups in total. The molecule has 0 radical (unpaired) electrons. The van der Waals surface area contributed by atoms with Crippen molar-refractivity contribution in [2.75, 3.05) is 5.32 Å². The summed E-state index contributed by atoms with van der Waals surface area (Å²) in [6.07, 6.45) is 0. The van der Waals surface area contributed by atoms with Crippen LogP contribution in [-0.2, 0) is 12.3 Å². The first-order chi connectivity index (χ1) is 14.2. The standard InChI is InChI=1S/C23H21ClN4S/c1-17-8-7-10-19(14-17)25-15-22-26-27-23(28(22)20-11-3-2-4-12-20)29-16-18-9-5-6-13-21(18)24/h2-14,25H,15-16H2,1H3. The van der Waals surface area contributed by atoms with Crippen LogP contribution in [0, 0.1) is 6.92 Å². The van der Waals surface area contributed by atoms with Gasteiger partial charge in [0.05, 0.1) is 6.54 Å². The molecule has 1 heterocycles. The fourth-order valence-electron chi connectivity index (χ4n) is 3.04. The van der Waals surface area contributed by atoms with E-state index in [1.807, 2.05) is 48.5 Å². The third-order valence-corrected chi connectivity index (χ3v) is 5.84. The molecule has 0 aliphatic heterocycles. The Balaban J connectivity index is 1.59. The summed E-state index contributed by atoms with van der Waals surface area (Å²) in [5, 5.41) is 14.0. The van der Waals surface area contributed by atoms with Gasteiger partial charge in [0.15, 0.2) is 11.0 Å². The molecule has 29 heavy (non-hydrogen) atoms. The lowest BCUT2D eigenvalue weighted by atomic mass is 10.2. The number of nitrogens with zero attached hydrogens (tertiary/aromatic N) is 3. The first-order valence-electron chi connectivity index (χ1n) is 9.37. The topological polar surface area (TPSA) is 42.7 Å². The minimum Gasteiger partial charge on any atom is -0.378 e. The van der Waals surface area contributed by atoms with E-state index in [2.05, 4.69) is 57.3 Å². The van der Waals surface area contributed by atoms with E-state index in [1.54, 1.807) is 11.8 Å². The summed E-state index contributed by atoms with van der Waals surface area (Å²) in [5.74, 6) is 1.59. The highest BCUT2D eigenvalue weighted by molar-refractivity contribution is 7.98. The van der Waals surface area contributed by atoms with Crippen molar-refractivity contribution in [2.45, 2.75) is 24.4 Å². The normalized spacial score (nSPS) is 10.8. The van der Waals surface area contributed by atoms with Gasteiger partial charge < -0.3 is 5.32 Å². The molecule has 0 amide bonds. The maximum Gasteiger partial charge on any atom is 0.196 e. The van der Waals surface area contributed by atoms with E-state index in [9.17, 15) is 0 Å². The number of aromatic nitrogens is 3. The van der Waals surface area contributed by atoms with Gasteiger partial charge in [0.25, 0.3) is 0 Å². The lowest BCUT2D eigenvalue weighted by molar-refractivity contribution is 0.840. The van der Waals surface area contributed by atoms with E-state index in [4.69, 9.17) is 11.6 Å². The number of aryl methyl sites for hydroxylation is 1. The van der Waals surface area contributed by atoms with E-state index < -0.39 is 0 Å². The monoisotopic (exact) mass is 420 g/mol. The predicted octanol–water partition coefficient (Wildman–Crippen LogP) is 6.13. The third kappa shape index (κ3) is 4.81. The fraction of sp³-hybridized carbons (Fsp3) is 0.130. The van der Waals surface area contributed by atoms with Crippen LogP contribution in [0.2, 0.25) is 5.02 Å². The Morgan fingerprint density at radius 3 is 2.52 bits per heavy atom. The van der Waals surface area contributed by atoms with Crippen LogP contribution in [0.25, 0.3) is 5.69 Å². The molecule has 0 saturated carbocycles. The average Bonchev–Trinajstić information content (AvgIpc) is 3.15. The Kier molecular flexibility index (Phi) is 6.17. The molecule has 0 fully saturated rings. The Morgan fingerprint density at radius 2 is 1.72 bits per heavy atom. The van der Waals surface area contributed by atoms with E-state index in [0.717, 1.165) is 38.7 Å². The van der Waals surface area contributed by atoms with Crippen LogP contribution in [0.3, 0.4) is 0 Å². The van der Waals surface area contributed by atoms with E-state index >= 15 is 0 Å². The van der Waals surface area contributed by atoms with Gasteiger partial charge in [0.1, 0.15) is 0 Å². The van der Waals surface area contributed by atoms with Crippen LogP contribution in [0.15, 0.2) is 84.0 Å². The number of hydrogen-bond donors (Lipinski definition) is 1. The summed E-state index contributed by atoms with van der Waals surface area (Å²) in [7, 11) is 0. The number of thioether (sulfide) groups is 1. The van der Waals surface area contributed by atoms with Gasteiger partial charge in [-0.2, -0.15) is 0 Å². The van der Waals surface area contributed by atoms with Gasteiger partial charge in [0, 0.05) is 22.2 Å². The lowest BCUT2D eigenvalue weighted by Gasteiger charge is -2.12. The van der Waals surface area contributed by atoms with Crippen molar-refractivity contribution in [1.82, 2.24) is 14.8 Å². The molecular formula is C23H21ClN4S. The van der Waals surface area contributed by atoms with Gasteiger partial charge in [-0.1, -0.05) is 71.9 Å². The van der Waals surface area contributed by atoms with Gasteiger partial charge >= 0.3 is 0 Å². The summed E-state index contributed by atoms with van der Waals surface area (Å²) in [6.45, 7) is 2.67. The molecule has 4 aromatic rings. The largest absolute Gasteiger partial charge is 0.378 e. The third-order valence-electron chi connectivity index (χ3n) is 4.50. The molecule has 0 bridgehead atoms. The summed E-state index contributed by atoms with van der Waals surface area (Å²) in [4.78, 5) is 0. The van der Waals surface area contributed by atoms with Crippen molar-refractivity contribution in [3.8, 4) is 5.69 Å². The van der Waals surface area contributed by atoms with Crippen LogP contribution >= 0.6 is 23.4 Å². The lowest BCUT2D eigenvalue weighted by Crippen LogP contribution is -2.08. The average molecular weight is 421 g/mol. The minimum atomic E-state index is 0.581. The zero-order chi connectivity index (χ0) is 20.1. The van der Waals surface area contributed by atoms with Crippen molar-refractivity contribution < 1.29 is 0 Å². The van der Waals surface area contributed by atoms with Crippen molar-refractivity contribution in [2.24, 2.45) is 0 Å². The smallest absolute Gasteiger partial charge is 0.196 e. The SMILES string of the molecule is Cc1cccc(NCc2nnc(SCc3ccccc3Cl)n2-c2ccccc2)c1. The number of nitrogens with one attached hydrogen (secondary N) is 1. The molecule has 3 aromatic carbocycles. The van der Waals surface area contributed by atoms with Crippen LogP contribution in [-0.4, -0.2) is 14.8 Å². The Morgan fingerprint density at radius 1 is 0.931 bits per heavy atom. The molecule has 0 atom stereocenters. The Labute approximate surface area is 180 Å². The van der Waals surface area contributed by atoms with Crippen molar-refractivity contribution >= 4 is 29.1 Å². The summed E-state index contributed by atoms with van der Waals surface area (Å²) in [6, 6.07) is 26.4. The van der Waals surface area contributed by atoms with Gasteiger partial charge in [-0.3, -0.25) is 4.57 Å². The van der Waals surface area contributed by atoms with E-state index in [0.29, 0.717) is 6.54 Å². The zero-order valence-corrected chi connectivity index (χ0v) is 17.6. The molecule has 146 valence electrons. The highest BCUT2D eigenvalue weighted by Gasteiger charge is 2.15. The first-order valence-corrected chi connectivity index (χ1v) is 10.7. The van der Waals surface area contributed by atoms with Crippen molar-refractivity contribution in [3.63, 3.8) is 0 Å². The second-order valence-electron chi connectivity index (χ2n) is 6.67. The zero-order valence-electron chi connectivity index (χ0n) is 16.0. The number of anilines is 1. The number of para-hydroxylation sites is 1. The Bertz CT molecular complexity index is 1100. The highest BCUT2D eigenvalue weighted by atomic mass is 35.5. The molecule has 4 nitrogen and oxygen atoms in total. The number of benzene rings is 3. The van der Waals surface area contributed by atoms with Gasteiger partial charge in [0.2, 0.25) is 0 Å². The Hall–Kier alpha value is -2.76. The quantitative estimate of drug-likeness (QED) is 0.365. The number of rotatable bonds is 7. The van der Waals surface area contributed by atoms with Crippen molar-refractivity contribution in [1.29, 1.82) is 0 Å². The van der Waals surface area contributed by atoms with Crippen LogP contribution in [0.5, 0.6) is 0 Å². The molecule has 6 heteroatoms. The molecule has 0 unspecified atom stereocenters. The first kappa shape index (κ1) is 19.6. The summed E-state index contributed by atoms with van der Waals surface area (Å²) in [5.41, 5.74) is 4.41. The predicted molar refractivity (Wildman–Crippen MR) is 121 cm³/mol. The molecule has 0 spiro atoms. The second-order valence-corrected chi connectivity index (χ2v) is 8.02. The maximum absolute atomic E-state index is 6.32. The maximum atomic E-state index is 6.32. The molecule has 0 saturated heterocycles. The van der Waals surface area contributed by atoms with E-state index in [-0.39, 0.29) is 0 Å². The van der Waals surface area contributed by atoms with Crippen LogP contribution < -0.4 is 5.32 Å². The number of halogens is 1. The molecular weight excluding hydrogens is 400 g/mol. The summed E-state index contributed by atoms with van der Waals surface area (Å²) < 4.78 is 2.10. The van der Waals surface area contributed by atoms with Gasteiger partial charge in [-0.15, -0.1) is 10.2 Å². The van der Waals surface area contributed by atoms with Crippen LogP contribution in [0.1, 0.15) is 17.0 Å². The van der Waals surface area contributed by atoms with Gasteiger partial charge in [-0.25, -0.2) is 0 Å². The molecule has 4 rings (SSSR count). The van der Waals surface area contributed by atoms with E-state index in [1.165, 1.54) is 5.56 Å². The van der Waals surface area contributed by atoms with Crippen molar-refractivity contribution in [3.05, 3.63) is 101 Å². The second kappa shape index (κ2) is 9.16. The summed E-state index contributed by atoms with van der Waals surface area (Å²) >= 11 is 7.95. The molecule has 0 aliphatic rings. The molecule has 0 aliphatic carbocycles. The van der Waals surface area contributed by atoms with Gasteiger partial charge in [-0.05, 0) is 48.4 Å².